The maximum Gasteiger partial charge on any atom is 0.0864 e. The van der Waals surface area contributed by atoms with Crippen LogP contribution in [0, 0.1) is 20.8 Å². The molecule has 2 aromatic heterocycles. The second-order valence-electron chi connectivity index (χ2n) is 4.65. The van der Waals surface area contributed by atoms with Gasteiger partial charge < -0.3 is 5.11 Å². The molecule has 0 aromatic carbocycles. The van der Waals surface area contributed by atoms with E-state index in [1.807, 2.05) is 40.0 Å². The predicted molar refractivity (Wildman–Crippen MR) is 68.1 cm³/mol. The first-order chi connectivity index (χ1) is 8.47. The molecule has 1 atom stereocenters. The smallest absolute Gasteiger partial charge is 0.0864 e. The fourth-order valence-corrected chi connectivity index (χ4v) is 2.07. The minimum atomic E-state index is -0.575. The van der Waals surface area contributed by atoms with Crippen molar-refractivity contribution in [3.8, 4) is 0 Å². The van der Waals surface area contributed by atoms with Crippen LogP contribution in [0.3, 0.4) is 0 Å². The highest BCUT2D eigenvalue weighted by Gasteiger charge is 2.15. The van der Waals surface area contributed by atoms with Crippen molar-refractivity contribution < 1.29 is 5.11 Å². The lowest BCUT2D eigenvalue weighted by Gasteiger charge is -2.13. The molecule has 0 bridgehead atoms. The number of aliphatic hydroxyl groups excluding tert-OH is 1. The van der Waals surface area contributed by atoms with Gasteiger partial charge in [0.25, 0.3) is 0 Å². The molecule has 0 radical (unpaired) electrons. The van der Waals surface area contributed by atoms with Crippen molar-refractivity contribution in [3.05, 3.63) is 40.5 Å². The van der Waals surface area contributed by atoms with Crippen molar-refractivity contribution in [1.29, 1.82) is 0 Å². The molecule has 2 aromatic rings. The van der Waals surface area contributed by atoms with E-state index in [0.717, 1.165) is 28.3 Å². The van der Waals surface area contributed by atoms with Crippen LogP contribution in [0.1, 0.15) is 34.4 Å². The Morgan fingerprint density at radius 1 is 1.17 bits per heavy atom. The third-order valence-corrected chi connectivity index (χ3v) is 3.00. The Kier molecular flexibility index (Phi) is 3.43. The van der Waals surface area contributed by atoms with Gasteiger partial charge in [-0.05, 0) is 32.9 Å². The monoisotopic (exact) mass is 246 g/mol. The number of rotatable bonds is 3. The molecule has 0 aliphatic rings. The molecule has 2 rings (SSSR count). The Morgan fingerprint density at radius 2 is 1.89 bits per heavy atom. The Bertz CT molecular complexity index is 562. The molecule has 1 unspecified atom stereocenters. The van der Waals surface area contributed by atoms with E-state index in [-0.39, 0.29) is 0 Å². The van der Waals surface area contributed by atoms with Gasteiger partial charge in [0.2, 0.25) is 0 Å². The van der Waals surface area contributed by atoms with E-state index in [2.05, 4.69) is 15.3 Å². The van der Waals surface area contributed by atoms with Crippen molar-refractivity contribution >= 4 is 0 Å². The molecule has 1 N–H and O–H groups in total. The molecular weight excluding hydrogens is 228 g/mol. The summed E-state index contributed by atoms with van der Waals surface area (Å²) in [6, 6.07) is 3.87. The maximum atomic E-state index is 10.3. The van der Waals surface area contributed by atoms with Crippen LogP contribution in [-0.4, -0.2) is 25.1 Å². The number of aryl methyl sites for hydroxylation is 4. The minimum absolute atomic E-state index is 0.531. The summed E-state index contributed by atoms with van der Waals surface area (Å²) in [6.07, 6.45) is -0.0439. The van der Waals surface area contributed by atoms with Gasteiger partial charge in [-0.2, -0.15) is 15.3 Å². The summed E-state index contributed by atoms with van der Waals surface area (Å²) in [5.41, 5.74) is 4.39. The van der Waals surface area contributed by atoms with E-state index < -0.39 is 6.10 Å². The highest BCUT2D eigenvalue weighted by atomic mass is 16.3. The van der Waals surface area contributed by atoms with E-state index in [0.29, 0.717) is 6.42 Å². The first-order valence-electron chi connectivity index (χ1n) is 5.96. The molecule has 2 heterocycles. The number of hydrogen-bond donors (Lipinski definition) is 1. The van der Waals surface area contributed by atoms with Crippen LogP contribution in [0.5, 0.6) is 0 Å². The second-order valence-corrected chi connectivity index (χ2v) is 4.65. The molecule has 0 saturated carbocycles. The Morgan fingerprint density at radius 3 is 2.50 bits per heavy atom. The first-order valence-corrected chi connectivity index (χ1v) is 5.96. The number of aliphatic hydroxyl groups is 1. The zero-order valence-electron chi connectivity index (χ0n) is 11.2. The summed E-state index contributed by atoms with van der Waals surface area (Å²) in [5, 5.41) is 22.6. The Labute approximate surface area is 106 Å². The molecule has 0 saturated heterocycles. The van der Waals surface area contributed by atoms with Gasteiger partial charge in [0.15, 0.2) is 0 Å². The van der Waals surface area contributed by atoms with Gasteiger partial charge >= 0.3 is 0 Å². The average molecular weight is 246 g/mol. The van der Waals surface area contributed by atoms with E-state index in [1.54, 1.807) is 4.68 Å². The quantitative estimate of drug-likeness (QED) is 0.889. The van der Waals surface area contributed by atoms with E-state index in [9.17, 15) is 5.11 Å². The molecule has 0 aliphatic heterocycles. The van der Waals surface area contributed by atoms with Crippen LogP contribution in [0.25, 0.3) is 0 Å². The van der Waals surface area contributed by atoms with E-state index >= 15 is 0 Å². The summed E-state index contributed by atoms with van der Waals surface area (Å²) in [5.74, 6) is 0. The highest BCUT2D eigenvalue weighted by Crippen LogP contribution is 2.20. The predicted octanol–water partition coefficient (Wildman–Crippen LogP) is 1.41. The van der Waals surface area contributed by atoms with Crippen molar-refractivity contribution in [2.45, 2.75) is 33.3 Å². The lowest BCUT2D eigenvalue weighted by Crippen LogP contribution is -2.09. The van der Waals surface area contributed by atoms with Gasteiger partial charge in [0, 0.05) is 24.7 Å². The van der Waals surface area contributed by atoms with Gasteiger partial charge in [-0.25, -0.2) is 0 Å². The second kappa shape index (κ2) is 4.86. The van der Waals surface area contributed by atoms with Crippen LogP contribution < -0.4 is 0 Å². The van der Waals surface area contributed by atoms with Crippen LogP contribution in [0.4, 0.5) is 0 Å². The minimum Gasteiger partial charge on any atom is -0.388 e. The Hall–Kier alpha value is -1.75. The molecule has 96 valence electrons. The number of nitrogens with zero attached hydrogens (tertiary/aromatic N) is 4. The van der Waals surface area contributed by atoms with Crippen LogP contribution in [-0.2, 0) is 13.5 Å². The molecule has 5 nitrogen and oxygen atoms in total. The SMILES string of the molecule is Cc1cc(C(O)Cc2cc(C)nn2C)c(C)nn1. The summed E-state index contributed by atoms with van der Waals surface area (Å²) in [7, 11) is 1.89. The van der Waals surface area contributed by atoms with Crippen molar-refractivity contribution in [2.75, 3.05) is 0 Å². The van der Waals surface area contributed by atoms with Crippen LogP contribution in [0.15, 0.2) is 12.1 Å². The van der Waals surface area contributed by atoms with E-state index in [4.69, 9.17) is 0 Å². The largest absolute Gasteiger partial charge is 0.388 e. The molecule has 0 spiro atoms. The molecule has 0 amide bonds. The third-order valence-electron chi connectivity index (χ3n) is 3.00. The van der Waals surface area contributed by atoms with Gasteiger partial charge in [-0.15, -0.1) is 0 Å². The molecule has 5 heteroatoms. The fourth-order valence-electron chi connectivity index (χ4n) is 2.07. The zero-order chi connectivity index (χ0) is 13.3. The van der Waals surface area contributed by atoms with Gasteiger partial charge in [0.1, 0.15) is 0 Å². The third kappa shape index (κ3) is 2.56. The maximum absolute atomic E-state index is 10.3. The zero-order valence-corrected chi connectivity index (χ0v) is 11.2. The molecular formula is C13H18N4O. The summed E-state index contributed by atoms with van der Waals surface area (Å²) in [6.45, 7) is 5.68. The summed E-state index contributed by atoms with van der Waals surface area (Å²) >= 11 is 0. The fraction of sp³-hybridized carbons (Fsp3) is 0.462. The van der Waals surface area contributed by atoms with Crippen LogP contribution >= 0.6 is 0 Å². The molecule has 18 heavy (non-hydrogen) atoms. The summed E-state index contributed by atoms with van der Waals surface area (Å²) in [4.78, 5) is 0. The normalized spacial score (nSPS) is 12.7. The van der Waals surface area contributed by atoms with Crippen molar-refractivity contribution in [1.82, 2.24) is 20.0 Å². The van der Waals surface area contributed by atoms with E-state index in [1.165, 1.54) is 0 Å². The summed E-state index contributed by atoms with van der Waals surface area (Å²) < 4.78 is 1.80. The average Bonchev–Trinajstić information content (AvgIpc) is 2.61. The van der Waals surface area contributed by atoms with Gasteiger partial charge in [-0.3, -0.25) is 4.68 Å². The molecule has 0 aliphatic carbocycles. The lowest BCUT2D eigenvalue weighted by molar-refractivity contribution is 0.174. The number of hydrogen-bond acceptors (Lipinski definition) is 4. The van der Waals surface area contributed by atoms with Crippen LogP contribution in [0.2, 0.25) is 0 Å². The molecule has 0 fully saturated rings. The Balaban J connectivity index is 2.24. The lowest BCUT2D eigenvalue weighted by atomic mass is 10.0. The van der Waals surface area contributed by atoms with Crippen molar-refractivity contribution in [3.63, 3.8) is 0 Å². The van der Waals surface area contributed by atoms with Gasteiger partial charge in [-0.1, -0.05) is 0 Å². The standard InChI is InChI=1S/C13H18N4O/c1-8-6-12(10(3)15-14-8)13(18)7-11-5-9(2)16-17(11)4/h5-6,13,18H,7H2,1-4H3. The number of aromatic nitrogens is 4. The topological polar surface area (TPSA) is 63.8 Å². The van der Waals surface area contributed by atoms with Gasteiger partial charge in [0.05, 0.1) is 23.2 Å². The first kappa shape index (κ1) is 12.7. The highest BCUT2D eigenvalue weighted by molar-refractivity contribution is 5.24. The van der Waals surface area contributed by atoms with Crippen molar-refractivity contribution in [2.24, 2.45) is 7.05 Å².